The van der Waals surface area contributed by atoms with Gasteiger partial charge in [0.25, 0.3) is 0 Å². The fourth-order valence-corrected chi connectivity index (χ4v) is 1.12. The minimum Gasteiger partial charge on any atom is -0.489 e. The van der Waals surface area contributed by atoms with E-state index < -0.39 is 0 Å². The van der Waals surface area contributed by atoms with Crippen molar-refractivity contribution in [3.63, 3.8) is 0 Å². The van der Waals surface area contributed by atoms with Gasteiger partial charge in [0.1, 0.15) is 5.75 Å². The number of hydrazine groups is 1. The average molecular weight is 195 g/mol. The highest BCUT2D eigenvalue weighted by Gasteiger charge is 2.02. The summed E-state index contributed by atoms with van der Waals surface area (Å²) in [6.45, 7) is 4.51. The maximum atomic E-state index is 5.61. The summed E-state index contributed by atoms with van der Waals surface area (Å²) in [5.74, 6) is 6.02. The first-order valence-corrected chi connectivity index (χ1v) is 4.67. The Morgan fingerprint density at radius 3 is 2.71 bits per heavy atom. The molecule has 0 aliphatic heterocycles. The minimum atomic E-state index is 0.170. The van der Waals surface area contributed by atoms with Gasteiger partial charge in [-0.05, 0) is 26.0 Å². The van der Waals surface area contributed by atoms with E-state index in [9.17, 15) is 0 Å². The van der Waals surface area contributed by atoms with Crippen LogP contribution < -0.4 is 21.3 Å². The van der Waals surface area contributed by atoms with Crippen LogP contribution in [0.1, 0.15) is 13.8 Å². The van der Waals surface area contributed by atoms with E-state index in [4.69, 9.17) is 10.6 Å². The Morgan fingerprint density at radius 2 is 2.07 bits per heavy atom. The van der Waals surface area contributed by atoms with Gasteiger partial charge >= 0.3 is 0 Å². The van der Waals surface area contributed by atoms with Gasteiger partial charge in [-0.3, -0.25) is 5.84 Å². The van der Waals surface area contributed by atoms with Crippen molar-refractivity contribution < 1.29 is 4.74 Å². The minimum absolute atomic E-state index is 0.170. The SMILES string of the molecule is CC(C)Oc1ccccc1NCNN. The van der Waals surface area contributed by atoms with Crippen molar-refractivity contribution >= 4 is 5.69 Å². The van der Waals surface area contributed by atoms with Gasteiger partial charge in [0.2, 0.25) is 0 Å². The van der Waals surface area contributed by atoms with Crippen LogP contribution in [-0.2, 0) is 0 Å². The van der Waals surface area contributed by atoms with Gasteiger partial charge in [-0.15, -0.1) is 0 Å². The molecule has 0 aliphatic carbocycles. The summed E-state index contributed by atoms with van der Waals surface area (Å²) < 4.78 is 5.61. The predicted molar refractivity (Wildman–Crippen MR) is 58.0 cm³/mol. The fourth-order valence-electron chi connectivity index (χ4n) is 1.12. The molecule has 1 aromatic carbocycles. The quantitative estimate of drug-likeness (QED) is 0.376. The molecule has 0 spiro atoms. The van der Waals surface area contributed by atoms with E-state index in [0.29, 0.717) is 6.67 Å². The van der Waals surface area contributed by atoms with Gasteiger partial charge in [0.05, 0.1) is 18.5 Å². The summed E-state index contributed by atoms with van der Waals surface area (Å²) in [7, 11) is 0. The number of benzene rings is 1. The highest BCUT2D eigenvalue weighted by atomic mass is 16.5. The zero-order chi connectivity index (χ0) is 10.4. The van der Waals surface area contributed by atoms with E-state index >= 15 is 0 Å². The Labute approximate surface area is 84.4 Å². The Morgan fingerprint density at radius 1 is 1.36 bits per heavy atom. The molecule has 78 valence electrons. The van der Waals surface area contributed by atoms with Crippen molar-refractivity contribution in [2.45, 2.75) is 20.0 Å². The molecular weight excluding hydrogens is 178 g/mol. The first kappa shape index (κ1) is 10.8. The van der Waals surface area contributed by atoms with Crippen LogP contribution in [0.5, 0.6) is 5.75 Å². The van der Waals surface area contributed by atoms with Gasteiger partial charge in [-0.2, -0.15) is 0 Å². The Balaban J connectivity index is 2.69. The van der Waals surface area contributed by atoms with Crippen molar-refractivity contribution in [2.24, 2.45) is 5.84 Å². The Kier molecular flexibility index (Phi) is 4.22. The summed E-state index contributed by atoms with van der Waals surface area (Å²) in [5, 5.41) is 3.11. The van der Waals surface area contributed by atoms with E-state index in [1.165, 1.54) is 0 Å². The molecule has 0 amide bonds. The number of hydrogen-bond donors (Lipinski definition) is 3. The second-order valence-electron chi connectivity index (χ2n) is 3.22. The lowest BCUT2D eigenvalue weighted by Crippen LogP contribution is -2.28. The summed E-state index contributed by atoms with van der Waals surface area (Å²) in [4.78, 5) is 0. The number of hydrogen-bond acceptors (Lipinski definition) is 4. The highest BCUT2D eigenvalue weighted by molar-refractivity contribution is 5.56. The molecule has 1 aromatic rings. The molecule has 0 bridgehead atoms. The summed E-state index contributed by atoms with van der Waals surface area (Å²) in [6.07, 6.45) is 0.170. The molecule has 0 saturated heterocycles. The lowest BCUT2D eigenvalue weighted by atomic mass is 10.3. The maximum absolute atomic E-state index is 5.61. The lowest BCUT2D eigenvalue weighted by molar-refractivity contribution is 0.243. The predicted octanol–water partition coefficient (Wildman–Crippen LogP) is 1.31. The van der Waals surface area contributed by atoms with E-state index in [0.717, 1.165) is 11.4 Å². The molecular formula is C10H17N3O. The number of nitrogens with one attached hydrogen (secondary N) is 2. The zero-order valence-electron chi connectivity index (χ0n) is 8.58. The monoisotopic (exact) mass is 195 g/mol. The molecule has 0 fully saturated rings. The highest BCUT2D eigenvalue weighted by Crippen LogP contribution is 2.24. The second-order valence-corrected chi connectivity index (χ2v) is 3.22. The molecule has 0 saturated carbocycles. The Hall–Kier alpha value is -1.26. The third kappa shape index (κ3) is 3.24. The van der Waals surface area contributed by atoms with Crippen molar-refractivity contribution in [2.75, 3.05) is 12.0 Å². The van der Waals surface area contributed by atoms with Gasteiger partial charge in [-0.25, -0.2) is 5.43 Å². The molecule has 0 radical (unpaired) electrons. The summed E-state index contributed by atoms with van der Waals surface area (Å²) in [5.41, 5.74) is 3.47. The smallest absolute Gasteiger partial charge is 0.142 e. The van der Waals surface area contributed by atoms with Crippen LogP contribution in [0.4, 0.5) is 5.69 Å². The summed E-state index contributed by atoms with van der Waals surface area (Å²) in [6, 6.07) is 7.78. The van der Waals surface area contributed by atoms with Crippen LogP contribution in [0.25, 0.3) is 0 Å². The molecule has 0 heterocycles. The van der Waals surface area contributed by atoms with Crippen LogP contribution in [-0.4, -0.2) is 12.8 Å². The largest absolute Gasteiger partial charge is 0.489 e. The molecule has 0 aliphatic rings. The topological polar surface area (TPSA) is 59.3 Å². The number of anilines is 1. The van der Waals surface area contributed by atoms with Gasteiger partial charge in [0.15, 0.2) is 0 Å². The van der Waals surface area contributed by atoms with Gasteiger partial charge in [0, 0.05) is 0 Å². The average Bonchev–Trinajstić information content (AvgIpc) is 2.16. The van der Waals surface area contributed by atoms with Gasteiger partial charge < -0.3 is 10.1 Å². The van der Waals surface area contributed by atoms with Gasteiger partial charge in [-0.1, -0.05) is 12.1 Å². The van der Waals surface area contributed by atoms with E-state index in [1.807, 2.05) is 38.1 Å². The molecule has 0 unspecified atom stereocenters. The van der Waals surface area contributed by atoms with Crippen LogP contribution in [0.15, 0.2) is 24.3 Å². The first-order valence-electron chi connectivity index (χ1n) is 4.67. The number of nitrogens with two attached hydrogens (primary N) is 1. The fraction of sp³-hybridized carbons (Fsp3) is 0.400. The third-order valence-electron chi connectivity index (χ3n) is 1.63. The maximum Gasteiger partial charge on any atom is 0.142 e. The Bertz CT molecular complexity index is 276. The van der Waals surface area contributed by atoms with Crippen LogP contribution >= 0.6 is 0 Å². The summed E-state index contributed by atoms with van der Waals surface area (Å²) >= 11 is 0. The zero-order valence-corrected chi connectivity index (χ0v) is 8.58. The van der Waals surface area contributed by atoms with Crippen molar-refractivity contribution in [3.8, 4) is 5.75 Å². The molecule has 4 heteroatoms. The van der Waals surface area contributed by atoms with Crippen molar-refractivity contribution in [1.82, 2.24) is 5.43 Å². The molecule has 0 aromatic heterocycles. The lowest BCUT2D eigenvalue weighted by Gasteiger charge is -2.14. The van der Waals surface area contributed by atoms with Crippen LogP contribution in [0, 0.1) is 0 Å². The normalized spacial score (nSPS) is 10.3. The molecule has 1 rings (SSSR count). The van der Waals surface area contributed by atoms with E-state index in [2.05, 4.69) is 10.7 Å². The third-order valence-corrected chi connectivity index (χ3v) is 1.63. The molecule has 4 N–H and O–H groups in total. The first-order chi connectivity index (χ1) is 6.74. The number of rotatable bonds is 5. The van der Waals surface area contributed by atoms with Crippen molar-refractivity contribution in [3.05, 3.63) is 24.3 Å². The number of para-hydroxylation sites is 2. The standard InChI is InChI=1S/C10H17N3O/c1-8(2)14-10-6-4-3-5-9(10)12-7-13-11/h3-6,8,12-13H,7,11H2,1-2H3. The number of ether oxygens (including phenoxy) is 1. The van der Waals surface area contributed by atoms with E-state index in [1.54, 1.807) is 0 Å². The van der Waals surface area contributed by atoms with Crippen molar-refractivity contribution in [1.29, 1.82) is 0 Å². The molecule has 4 nitrogen and oxygen atoms in total. The van der Waals surface area contributed by atoms with Crippen LogP contribution in [0.2, 0.25) is 0 Å². The second kappa shape index (κ2) is 5.47. The van der Waals surface area contributed by atoms with Crippen LogP contribution in [0.3, 0.4) is 0 Å². The van der Waals surface area contributed by atoms with E-state index in [-0.39, 0.29) is 6.10 Å². The molecule has 0 atom stereocenters. The molecule has 14 heavy (non-hydrogen) atoms.